The first-order valence-electron chi connectivity index (χ1n) is 7.07. The van der Waals surface area contributed by atoms with Crippen molar-refractivity contribution in [3.05, 3.63) is 0 Å². The molecule has 2 N–H and O–H groups in total. The maximum atomic E-state index is 12.2. The van der Waals surface area contributed by atoms with Crippen molar-refractivity contribution in [1.29, 1.82) is 0 Å². The lowest BCUT2D eigenvalue weighted by atomic mass is 9.76. The summed E-state index contributed by atoms with van der Waals surface area (Å²) < 4.78 is 0. The maximum Gasteiger partial charge on any atom is 0.327 e. The first-order chi connectivity index (χ1) is 8.79. The zero-order valence-electron chi connectivity index (χ0n) is 12.4. The van der Waals surface area contributed by atoms with E-state index in [-0.39, 0.29) is 11.4 Å². The summed E-state index contributed by atoms with van der Waals surface area (Å²) >= 11 is 0. The van der Waals surface area contributed by atoms with Crippen molar-refractivity contribution >= 4 is 12.0 Å². The van der Waals surface area contributed by atoms with Crippen LogP contribution in [0.5, 0.6) is 0 Å². The summed E-state index contributed by atoms with van der Waals surface area (Å²) in [6.45, 7) is 9.08. The largest absolute Gasteiger partial charge is 0.480 e. The molecule has 1 fully saturated rings. The number of hydrogen-bond donors (Lipinski definition) is 2. The van der Waals surface area contributed by atoms with Crippen LogP contribution in [-0.2, 0) is 4.79 Å². The lowest BCUT2D eigenvalue weighted by Gasteiger charge is -2.43. The average molecular weight is 270 g/mol. The number of piperidine rings is 1. The van der Waals surface area contributed by atoms with Gasteiger partial charge >= 0.3 is 12.0 Å². The quantitative estimate of drug-likeness (QED) is 0.823. The van der Waals surface area contributed by atoms with Crippen LogP contribution >= 0.6 is 0 Å². The van der Waals surface area contributed by atoms with Gasteiger partial charge in [0.1, 0.15) is 6.04 Å². The molecular weight excluding hydrogens is 244 g/mol. The first kappa shape index (κ1) is 15.8. The van der Waals surface area contributed by atoms with E-state index in [1.165, 1.54) is 4.90 Å². The molecule has 5 heteroatoms. The third kappa shape index (κ3) is 3.85. The van der Waals surface area contributed by atoms with Crippen molar-refractivity contribution in [3.63, 3.8) is 0 Å². The molecule has 2 atom stereocenters. The molecule has 19 heavy (non-hydrogen) atoms. The number of amides is 2. The number of hydrogen-bond acceptors (Lipinski definition) is 2. The summed E-state index contributed by atoms with van der Waals surface area (Å²) in [6.07, 6.45) is 2.68. The van der Waals surface area contributed by atoms with E-state index in [4.69, 9.17) is 0 Å². The number of carboxylic acid groups (broad SMARTS) is 1. The Hall–Kier alpha value is -1.26. The second kappa shape index (κ2) is 6.26. The van der Waals surface area contributed by atoms with Crippen molar-refractivity contribution in [3.8, 4) is 0 Å². The molecule has 0 saturated carbocycles. The molecule has 0 radical (unpaired) electrons. The van der Waals surface area contributed by atoms with Crippen LogP contribution in [0.3, 0.4) is 0 Å². The van der Waals surface area contributed by atoms with Crippen LogP contribution in [0.4, 0.5) is 4.79 Å². The van der Waals surface area contributed by atoms with Crippen LogP contribution < -0.4 is 5.32 Å². The molecule has 2 amide bonds. The molecular formula is C14H26N2O3. The van der Waals surface area contributed by atoms with Gasteiger partial charge in [-0.3, -0.25) is 0 Å². The molecule has 0 aliphatic carbocycles. The zero-order chi connectivity index (χ0) is 14.6. The molecule has 1 rings (SSSR count). The highest BCUT2D eigenvalue weighted by molar-refractivity contribution is 5.83. The second-order valence-corrected chi connectivity index (χ2v) is 6.23. The van der Waals surface area contributed by atoms with Gasteiger partial charge in [0, 0.05) is 13.1 Å². The van der Waals surface area contributed by atoms with E-state index in [1.807, 2.05) is 13.8 Å². The highest BCUT2D eigenvalue weighted by Crippen LogP contribution is 2.35. The summed E-state index contributed by atoms with van der Waals surface area (Å²) in [5.41, 5.74) is -0.377. The van der Waals surface area contributed by atoms with Gasteiger partial charge in [0.05, 0.1) is 0 Å². The van der Waals surface area contributed by atoms with E-state index in [1.54, 1.807) is 0 Å². The molecule has 1 aliphatic heterocycles. The van der Waals surface area contributed by atoms with Gasteiger partial charge in [0.15, 0.2) is 0 Å². The fourth-order valence-corrected chi connectivity index (χ4v) is 2.59. The third-order valence-electron chi connectivity index (χ3n) is 4.07. The summed E-state index contributed by atoms with van der Waals surface area (Å²) in [6, 6.07) is -0.987. The fraction of sp³-hybridized carbons (Fsp3) is 0.857. The first-order valence-corrected chi connectivity index (χ1v) is 7.07. The molecule has 2 unspecified atom stereocenters. The van der Waals surface area contributed by atoms with Gasteiger partial charge < -0.3 is 15.3 Å². The number of urea groups is 1. The van der Waals surface area contributed by atoms with E-state index >= 15 is 0 Å². The van der Waals surface area contributed by atoms with Crippen molar-refractivity contribution in [2.24, 2.45) is 11.3 Å². The number of likely N-dealkylation sites (tertiary alicyclic amines) is 1. The minimum absolute atomic E-state index is 0.250. The standard InChI is InChI=1S/C14H26N2O3/c1-5-10(2)9-15-13(19)16-8-6-7-14(3,4)11(16)12(17)18/h10-11H,5-9H2,1-4H3,(H,15,19)(H,17,18). The summed E-state index contributed by atoms with van der Waals surface area (Å²) in [4.78, 5) is 25.1. The smallest absolute Gasteiger partial charge is 0.327 e. The Morgan fingerprint density at radius 2 is 2.11 bits per heavy atom. The van der Waals surface area contributed by atoms with E-state index in [0.29, 0.717) is 19.0 Å². The normalized spacial score (nSPS) is 23.8. The van der Waals surface area contributed by atoms with Crippen LogP contribution in [0.2, 0.25) is 0 Å². The zero-order valence-corrected chi connectivity index (χ0v) is 12.4. The number of carboxylic acids is 1. The highest BCUT2D eigenvalue weighted by Gasteiger charge is 2.44. The van der Waals surface area contributed by atoms with Crippen LogP contribution in [0.15, 0.2) is 0 Å². The Labute approximate surface area is 115 Å². The number of nitrogens with one attached hydrogen (secondary N) is 1. The molecule has 110 valence electrons. The van der Waals surface area contributed by atoms with Gasteiger partial charge in [0.25, 0.3) is 0 Å². The van der Waals surface area contributed by atoms with Crippen molar-refractivity contribution < 1.29 is 14.7 Å². The van der Waals surface area contributed by atoms with E-state index in [9.17, 15) is 14.7 Å². The fourth-order valence-electron chi connectivity index (χ4n) is 2.59. The van der Waals surface area contributed by atoms with Gasteiger partial charge in [-0.1, -0.05) is 34.1 Å². The molecule has 0 aromatic carbocycles. The molecule has 0 spiro atoms. The third-order valence-corrected chi connectivity index (χ3v) is 4.07. The Morgan fingerprint density at radius 1 is 1.47 bits per heavy atom. The van der Waals surface area contributed by atoms with Gasteiger partial charge in [-0.25, -0.2) is 9.59 Å². The Bertz CT molecular complexity index is 342. The van der Waals surface area contributed by atoms with E-state index in [2.05, 4.69) is 19.2 Å². The summed E-state index contributed by atoms with van der Waals surface area (Å²) in [5, 5.41) is 12.2. The SMILES string of the molecule is CCC(C)CNC(=O)N1CCCC(C)(C)C1C(=O)O. The minimum atomic E-state index is -0.914. The maximum absolute atomic E-state index is 12.2. The number of carbonyl (C=O) groups excluding carboxylic acids is 1. The van der Waals surface area contributed by atoms with Crippen LogP contribution in [-0.4, -0.2) is 41.1 Å². The molecule has 5 nitrogen and oxygen atoms in total. The Kier molecular flexibility index (Phi) is 5.20. The number of aliphatic carboxylic acids is 1. The van der Waals surface area contributed by atoms with Crippen molar-refractivity contribution in [1.82, 2.24) is 10.2 Å². The average Bonchev–Trinajstić information content (AvgIpc) is 2.33. The second-order valence-electron chi connectivity index (χ2n) is 6.23. The molecule has 0 aromatic rings. The molecule has 0 aromatic heterocycles. The molecule has 1 heterocycles. The van der Waals surface area contributed by atoms with Gasteiger partial charge in [0.2, 0.25) is 0 Å². The monoisotopic (exact) mass is 270 g/mol. The van der Waals surface area contributed by atoms with Crippen molar-refractivity contribution in [2.75, 3.05) is 13.1 Å². The van der Waals surface area contributed by atoms with Crippen LogP contribution in [0.25, 0.3) is 0 Å². The summed E-state index contributed by atoms with van der Waals surface area (Å²) in [7, 11) is 0. The number of nitrogens with zero attached hydrogens (tertiary/aromatic N) is 1. The summed E-state index contributed by atoms with van der Waals surface area (Å²) in [5.74, 6) is -0.506. The number of carbonyl (C=O) groups is 2. The lowest BCUT2D eigenvalue weighted by molar-refractivity contribution is -0.148. The predicted molar refractivity (Wildman–Crippen MR) is 74.0 cm³/mol. The predicted octanol–water partition coefficient (Wildman–Crippen LogP) is 2.32. The lowest BCUT2D eigenvalue weighted by Crippen LogP contribution is -2.58. The van der Waals surface area contributed by atoms with Gasteiger partial charge in [-0.05, 0) is 24.2 Å². The van der Waals surface area contributed by atoms with E-state index in [0.717, 1.165) is 19.3 Å². The van der Waals surface area contributed by atoms with E-state index < -0.39 is 12.0 Å². The Balaban J connectivity index is 2.73. The van der Waals surface area contributed by atoms with Crippen LogP contribution in [0, 0.1) is 11.3 Å². The Morgan fingerprint density at radius 3 is 2.63 bits per heavy atom. The van der Waals surface area contributed by atoms with Gasteiger partial charge in [-0.15, -0.1) is 0 Å². The van der Waals surface area contributed by atoms with Gasteiger partial charge in [-0.2, -0.15) is 0 Å². The topological polar surface area (TPSA) is 69.6 Å². The molecule has 1 saturated heterocycles. The van der Waals surface area contributed by atoms with Crippen LogP contribution in [0.1, 0.15) is 47.0 Å². The molecule has 1 aliphatic rings. The minimum Gasteiger partial charge on any atom is -0.480 e. The van der Waals surface area contributed by atoms with Crippen molar-refractivity contribution in [2.45, 2.75) is 53.0 Å². The number of rotatable bonds is 4. The highest BCUT2D eigenvalue weighted by atomic mass is 16.4. The molecule has 0 bridgehead atoms.